The summed E-state index contributed by atoms with van der Waals surface area (Å²) in [4.78, 5) is 11.7. The molecule has 1 rings (SSSR count). The van der Waals surface area contributed by atoms with Crippen LogP contribution in [0.4, 0.5) is 5.69 Å². The molecule has 0 radical (unpaired) electrons. The number of aryl methyl sites for hydroxylation is 1. The zero-order chi connectivity index (χ0) is 14.1. The summed E-state index contributed by atoms with van der Waals surface area (Å²) in [6.07, 6.45) is 3.17. The molecule has 0 bridgehead atoms. The van der Waals surface area contributed by atoms with Crippen molar-refractivity contribution >= 4 is 23.4 Å². The smallest absolute Gasteiger partial charge is 0.234 e. The Morgan fingerprint density at radius 3 is 2.58 bits per heavy atom. The van der Waals surface area contributed by atoms with Crippen LogP contribution in [0.5, 0.6) is 0 Å². The van der Waals surface area contributed by atoms with E-state index in [1.165, 1.54) is 5.56 Å². The molecule has 1 aromatic rings. The summed E-state index contributed by atoms with van der Waals surface area (Å²) in [6, 6.07) is 8.25. The first kappa shape index (κ1) is 16.1. The van der Waals surface area contributed by atoms with Gasteiger partial charge in [0.25, 0.3) is 0 Å². The number of hydrogen-bond acceptors (Lipinski definition) is 3. The average molecular weight is 280 g/mol. The second-order valence-corrected chi connectivity index (χ2v) is 5.71. The van der Waals surface area contributed by atoms with E-state index in [0.29, 0.717) is 5.75 Å². The van der Waals surface area contributed by atoms with Crippen LogP contribution in [-0.2, 0) is 11.2 Å². The molecule has 0 aliphatic carbocycles. The first-order valence-electron chi connectivity index (χ1n) is 6.87. The van der Waals surface area contributed by atoms with Gasteiger partial charge in [-0.3, -0.25) is 4.79 Å². The van der Waals surface area contributed by atoms with Crippen LogP contribution in [0.25, 0.3) is 0 Å². The van der Waals surface area contributed by atoms with Gasteiger partial charge in [0, 0.05) is 17.5 Å². The van der Waals surface area contributed by atoms with Gasteiger partial charge in [0.1, 0.15) is 0 Å². The molecule has 1 aromatic carbocycles. The van der Waals surface area contributed by atoms with Gasteiger partial charge in [-0.15, -0.1) is 0 Å². The minimum absolute atomic E-state index is 0.0385. The molecule has 0 fully saturated rings. The molecule has 1 unspecified atom stereocenters. The normalized spacial score (nSPS) is 12.2. The van der Waals surface area contributed by atoms with E-state index in [4.69, 9.17) is 5.73 Å². The minimum atomic E-state index is 0.0385. The molecule has 3 N–H and O–H groups in total. The topological polar surface area (TPSA) is 55.1 Å². The molecule has 19 heavy (non-hydrogen) atoms. The fraction of sp³-hybridized carbons (Fsp3) is 0.533. The monoisotopic (exact) mass is 280 g/mol. The highest BCUT2D eigenvalue weighted by Gasteiger charge is 2.05. The van der Waals surface area contributed by atoms with E-state index < -0.39 is 0 Å². The van der Waals surface area contributed by atoms with E-state index in [0.717, 1.165) is 30.7 Å². The lowest BCUT2D eigenvalue weighted by molar-refractivity contribution is -0.113. The number of anilines is 1. The molecule has 0 saturated carbocycles. The van der Waals surface area contributed by atoms with Crippen LogP contribution in [0.2, 0.25) is 0 Å². The van der Waals surface area contributed by atoms with Gasteiger partial charge in [-0.2, -0.15) is 11.8 Å². The lowest BCUT2D eigenvalue weighted by atomic mass is 10.1. The minimum Gasteiger partial charge on any atom is -0.327 e. The average Bonchev–Trinajstić information content (AvgIpc) is 2.41. The summed E-state index contributed by atoms with van der Waals surface area (Å²) in [5, 5.41) is 2.90. The third kappa shape index (κ3) is 6.64. The largest absolute Gasteiger partial charge is 0.327 e. The van der Waals surface area contributed by atoms with E-state index >= 15 is 0 Å². The summed E-state index contributed by atoms with van der Waals surface area (Å²) in [5.74, 6) is 1.33. The van der Waals surface area contributed by atoms with Crippen LogP contribution in [0.1, 0.15) is 32.3 Å². The zero-order valence-electron chi connectivity index (χ0n) is 11.8. The second kappa shape index (κ2) is 8.99. The molecule has 4 heteroatoms. The van der Waals surface area contributed by atoms with Crippen molar-refractivity contribution in [3.05, 3.63) is 29.8 Å². The van der Waals surface area contributed by atoms with Crippen molar-refractivity contribution in [2.75, 3.05) is 16.8 Å². The molecule has 0 heterocycles. The molecule has 1 atom stereocenters. The Kier molecular flexibility index (Phi) is 7.60. The summed E-state index contributed by atoms with van der Waals surface area (Å²) < 4.78 is 0. The summed E-state index contributed by atoms with van der Waals surface area (Å²) in [7, 11) is 0. The number of thioether (sulfide) groups is 1. The highest BCUT2D eigenvalue weighted by atomic mass is 32.2. The molecule has 0 aliphatic rings. The van der Waals surface area contributed by atoms with Gasteiger partial charge >= 0.3 is 0 Å². The summed E-state index contributed by atoms with van der Waals surface area (Å²) >= 11 is 1.59. The number of carbonyl (C=O) groups excluding carboxylic acids is 1. The van der Waals surface area contributed by atoms with Crippen LogP contribution in [0.15, 0.2) is 24.3 Å². The van der Waals surface area contributed by atoms with Crippen LogP contribution in [-0.4, -0.2) is 23.5 Å². The Balaban J connectivity index is 2.31. The molecular weight excluding hydrogens is 256 g/mol. The van der Waals surface area contributed by atoms with E-state index in [2.05, 4.69) is 31.3 Å². The third-order valence-corrected chi connectivity index (χ3v) is 4.00. The van der Waals surface area contributed by atoms with Gasteiger partial charge in [0.05, 0.1) is 5.75 Å². The quantitative estimate of drug-likeness (QED) is 0.769. The Morgan fingerprint density at radius 1 is 1.32 bits per heavy atom. The predicted molar refractivity (Wildman–Crippen MR) is 84.7 cm³/mol. The number of carbonyl (C=O) groups is 1. The van der Waals surface area contributed by atoms with E-state index in [9.17, 15) is 4.79 Å². The zero-order valence-corrected chi connectivity index (χ0v) is 12.6. The van der Waals surface area contributed by atoms with Crippen molar-refractivity contribution in [3.63, 3.8) is 0 Å². The maximum Gasteiger partial charge on any atom is 0.234 e. The summed E-state index contributed by atoms with van der Waals surface area (Å²) in [5.41, 5.74) is 7.98. The molecule has 0 spiro atoms. The van der Waals surface area contributed by atoms with Crippen molar-refractivity contribution in [2.45, 2.75) is 39.2 Å². The number of hydrogen-bond donors (Lipinski definition) is 2. The standard InChI is InChI=1S/C15H24N2OS/c1-3-5-12-6-8-14(9-7-12)17-15(18)11-19-10-13(16)4-2/h6-9,13H,3-5,10-11,16H2,1-2H3,(H,17,18). The van der Waals surface area contributed by atoms with Crippen LogP contribution in [0.3, 0.4) is 0 Å². The SMILES string of the molecule is CCCc1ccc(NC(=O)CSCC(N)CC)cc1. The number of benzene rings is 1. The fourth-order valence-corrected chi connectivity index (χ4v) is 2.58. The first-order valence-corrected chi connectivity index (χ1v) is 8.03. The van der Waals surface area contributed by atoms with Gasteiger partial charge in [0.2, 0.25) is 5.91 Å². The summed E-state index contributed by atoms with van der Waals surface area (Å²) in [6.45, 7) is 4.22. The first-order chi connectivity index (χ1) is 9.15. The predicted octanol–water partition coefficient (Wildman–Crippen LogP) is 3.05. The molecule has 0 aliphatic heterocycles. The Labute approximate surface area is 120 Å². The van der Waals surface area contributed by atoms with Crippen molar-refractivity contribution in [3.8, 4) is 0 Å². The van der Waals surface area contributed by atoms with Crippen molar-refractivity contribution < 1.29 is 4.79 Å². The number of nitrogens with one attached hydrogen (secondary N) is 1. The van der Waals surface area contributed by atoms with Crippen LogP contribution < -0.4 is 11.1 Å². The maximum atomic E-state index is 11.7. The number of amides is 1. The van der Waals surface area contributed by atoms with Crippen LogP contribution in [0, 0.1) is 0 Å². The maximum absolute atomic E-state index is 11.7. The molecular formula is C15H24N2OS. The van der Waals surface area contributed by atoms with Gasteiger partial charge in [-0.1, -0.05) is 32.4 Å². The Hall–Kier alpha value is -1.00. The van der Waals surface area contributed by atoms with E-state index in [-0.39, 0.29) is 11.9 Å². The van der Waals surface area contributed by atoms with Gasteiger partial charge in [0.15, 0.2) is 0 Å². The molecule has 0 saturated heterocycles. The van der Waals surface area contributed by atoms with Crippen molar-refractivity contribution in [1.82, 2.24) is 0 Å². The van der Waals surface area contributed by atoms with Gasteiger partial charge in [-0.25, -0.2) is 0 Å². The molecule has 0 aromatic heterocycles. The van der Waals surface area contributed by atoms with Crippen LogP contribution >= 0.6 is 11.8 Å². The van der Waals surface area contributed by atoms with Gasteiger partial charge < -0.3 is 11.1 Å². The number of nitrogens with two attached hydrogens (primary N) is 1. The molecule has 3 nitrogen and oxygen atoms in total. The van der Waals surface area contributed by atoms with Crippen molar-refractivity contribution in [1.29, 1.82) is 0 Å². The van der Waals surface area contributed by atoms with E-state index in [1.807, 2.05) is 12.1 Å². The van der Waals surface area contributed by atoms with E-state index in [1.54, 1.807) is 11.8 Å². The number of rotatable bonds is 8. The third-order valence-electron chi connectivity index (χ3n) is 2.87. The lowest BCUT2D eigenvalue weighted by Crippen LogP contribution is -2.23. The highest BCUT2D eigenvalue weighted by Crippen LogP contribution is 2.12. The fourth-order valence-electron chi connectivity index (χ4n) is 1.66. The second-order valence-electron chi connectivity index (χ2n) is 4.68. The Bertz CT molecular complexity index is 378. The lowest BCUT2D eigenvalue weighted by Gasteiger charge is -2.09. The Morgan fingerprint density at radius 2 is 2.00 bits per heavy atom. The van der Waals surface area contributed by atoms with Crippen molar-refractivity contribution in [2.24, 2.45) is 5.73 Å². The van der Waals surface area contributed by atoms with Gasteiger partial charge in [-0.05, 0) is 30.5 Å². The highest BCUT2D eigenvalue weighted by molar-refractivity contribution is 8.00. The molecule has 106 valence electrons. The molecule has 1 amide bonds.